The largest absolute Gasteiger partial charge is 0.367 e. The van der Waals surface area contributed by atoms with Crippen LogP contribution in [-0.2, 0) is 0 Å². The van der Waals surface area contributed by atoms with Gasteiger partial charge in [0.1, 0.15) is 6.07 Å². The molecule has 1 aliphatic heterocycles. The van der Waals surface area contributed by atoms with Crippen LogP contribution in [0.25, 0.3) is 0 Å². The molecule has 0 spiro atoms. The maximum atomic E-state index is 9.20. The molecule has 3 heteroatoms. The summed E-state index contributed by atoms with van der Waals surface area (Å²) in [5.74, 6) is 0.689. The van der Waals surface area contributed by atoms with Crippen molar-refractivity contribution >= 4 is 21.6 Å². The van der Waals surface area contributed by atoms with Crippen LogP contribution in [-0.4, -0.2) is 12.6 Å². The first-order chi connectivity index (χ1) is 8.13. The van der Waals surface area contributed by atoms with E-state index in [-0.39, 0.29) is 0 Å². The minimum atomic E-state index is 0.505. The van der Waals surface area contributed by atoms with Gasteiger partial charge in [0.25, 0.3) is 0 Å². The molecule has 2 nitrogen and oxygen atoms in total. The van der Waals surface area contributed by atoms with Crippen LogP contribution >= 0.6 is 15.9 Å². The number of nitrogens with zero attached hydrogens (tertiary/aromatic N) is 2. The highest BCUT2D eigenvalue weighted by atomic mass is 79.9. The van der Waals surface area contributed by atoms with E-state index in [1.165, 1.54) is 12.8 Å². The predicted octanol–water partition coefficient (Wildman–Crippen LogP) is 3.95. The minimum Gasteiger partial charge on any atom is -0.367 e. The molecule has 17 heavy (non-hydrogen) atoms. The van der Waals surface area contributed by atoms with Gasteiger partial charge in [-0.25, -0.2) is 0 Å². The van der Waals surface area contributed by atoms with Gasteiger partial charge in [-0.2, -0.15) is 5.26 Å². The molecule has 2 unspecified atom stereocenters. The highest BCUT2D eigenvalue weighted by Crippen LogP contribution is 2.32. The molecule has 2 atom stereocenters. The number of hydrogen-bond acceptors (Lipinski definition) is 2. The second-order valence-electron chi connectivity index (χ2n) is 4.83. The van der Waals surface area contributed by atoms with Crippen LogP contribution in [0.5, 0.6) is 0 Å². The molecule has 1 aliphatic rings. The lowest BCUT2D eigenvalue weighted by Gasteiger charge is -2.40. The van der Waals surface area contributed by atoms with Crippen molar-refractivity contribution in [1.29, 1.82) is 5.26 Å². The van der Waals surface area contributed by atoms with Gasteiger partial charge in [0.05, 0.1) is 11.3 Å². The SMILES string of the molecule is CC1CCCN(c2cc(Br)ccc2C#N)C1C. The fourth-order valence-electron chi connectivity index (χ4n) is 2.51. The Morgan fingerprint density at radius 1 is 1.41 bits per heavy atom. The maximum Gasteiger partial charge on any atom is 0.101 e. The first kappa shape index (κ1) is 12.4. The number of halogens is 1. The molecule has 0 bridgehead atoms. The molecule has 1 fully saturated rings. The molecule has 0 saturated carbocycles. The summed E-state index contributed by atoms with van der Waals surface area (Å²) in [5, 5.41) is 9.20. The normalized spacial score (nSPS) is 24.5. The predicted molar refractivity (Wildman–Crippen MR) is 74.1 cm³/mol. The van der Waals surface area contributed by atoms with E-state index in [9.17, 15) is 5.26 Å². The fourth-order valence-corrected chi connectivity index (χ4v) is 2.86. The first-order valence-electron chi connectivity index (χ1n) is 6.09. The Morgan fingerprint density at radius 2 is 2.18 bits per heavy atom. The summed E-state index contributed by atoms with van der Waals surface area (Å²) in [4.78, 5) is 2.37. The summed E-state index contributed by atoms with van der Waals surface area (Å²) in [6.07, 6.45) is 2.50. The van der Waals surface area contributed by atoms with Gasteiger partial charge in [0.15, 0.2) is 0 Å². The van der Waals surface area contributed by atoms with Crippen molar-refractivity contribution in [2.24, 2.45) is 5.92 Å². The first-order valence-corrected chi connectivity index (χ1v) is 6.89. The van der Waals surface area contributed by atoms with E-state index in [0.717, 1.165) is 22.3 Å². The molecule has 1 aromatic carbocycles. The van der Waals surface area contributed by atoms with Crippen LogP contribution in [0.15, 0.2) is 22.7 Å². The third-order valence-electron chi connectivity index (χ3n) is 3.76. The Kier molecular flexibility index (Phi) is 3.73. The second kappa shape index (κ2) is 5.10. The van der Waals surface area contributed by atoms with Gasteiger partial charge in [-0.3, -0.25) is 0 Å². The van der Waals surface area contributed by atoms with Crippen molar-refractivity contribution in [1.82, 2.24) is 0 Å². The Morgan fingerprint density at radius 3 is 2.88 bits per heavy atom. The van der Waals surface area contributed by atoms with Crippen LogP contribution in [0.1, 0.15) is 32.3 Å². The molecule has 90 valence electrons. The van der Waals surface area contributed by atoms with E-state index in [0.29, 0.717) is 12.0 Å². The summed E-state index contributed by atoms with van der Waals surface area (Å²) < 4.78 is 1.04. The molecular formula is C14H17BrN2. The monoisotopic (exact) mass is 292 g/mol. The zero-order chi connectivity index (χ0) is 12.4. The van der Waals surface area contributed by atoms with E-state index in [2.05, 4.69) is 46.8 Å². The number of rotatable bonds is 1. The molecule has 1 aromatic rings. The summed E-state index contributed by atoms with van der Waals surface area (Å²) in [7, 11) is 0. The Hall–Kier alpha value is -1.01. The summed E-state index contributed by atoms with van der Waals surface area (Å²) >= 11 is 3.49. The lowest BCUT2D eigenvalue weighted by molar-refractivity contribution is 0.363. The minimum absolute atomic E-state index is 0.505. The average molecular weight is 293 g/mol. The number of benzene rings is 1. The lowest BCUT2D eigenvalue weighted by Crippen LogP contribution is -2.42. The molecule has 0 aliphatic carbocycles. The topological polar surface area (TPSA) is 27.0 Å². The standard InChI is InChI=1S/C14H17BrN2/c1-10-4-3-7-17(11(10)2)14-8-13(15)6-5-12(14)9-16/h5-6,8,10-11H,3-4,7H2,1-2H3. The zero-order valence-corrected chi connectivity index (χ0v) is 11.9. The number of nitriles is 1. The summed E-state index contributed by atoms with van der Waals surface area (Å²) in [5.41, 5.74) is 1.84. The third-order valence-corrected chi connectivity index (χ3v) is 4.26. The van der Waals surface area contributed by atoms with Gasteiger partial charge in [-0.15, -0.1) is 0 Å². The Labute approximate surface area is 111 Å². The molecule has 2 rings (SSSR count). The average Bonchev–Trinajstić information content (AvgIpc) is 2.33. The van der Waals surface area contributed by atoms with Gasteiger partial charge in [0, 0.05) is 17.1 Å². The molecular weight excluding hydrogens is 276 g/mol. The quantitative estimate of drug-likeness (QED) is 0.784. The second-order valence-corrected chi connectivity index (χ2v) is 5.74. The number of hydrogen-bond donors (Lipinski definition) is 0. The number of piperidine rings is 1. The van der Waals surface area contributed by atoms with E-state index >= 15 is 0 Å². The molecule has 0 amide bonds. The fraction of sp³-hybridized carbons (Fsp3) is 0.500. The lowest BCUT2D eigenvalue weighted by atomic mass is 9.91. The Balaban J connectivity index is 2.39. The van der Waals surface area contributed by atoms with E-state index in [1.54, 1.807) is 0 Å². The Bertz CT molecular complexity index is 450. The van der Waals surface area contributed by atoms with Crippen molar-refractivity contribution in [3.8, 4) is 6.07 Å². The van der Waals surface area contributed by atoms with Crippen molar-refractivity contribution in [3.05, 3.63) is 28.2 Å². The highest BCUT2D eigenvalue weighted by molar-refractivity contribution is 9.10. The van der Waals surface area contributed by atoms with Crippen LogP contribution in [0.2, 0.25) is 0 Å². The summed E-state index contributed by atoms with van der Waals surface area (Å²) in [6, 6.07) is 8.69. The van der Waals surface area contributed by atoms with E-state index in [4.69, 9.17) is 0 Å². The van der Waals surface area contributed by atoms with Gasteiger partial charge in [-0.05, 0) is 43.9 Å². The van der Waals surface area contributed by atoms with Crippen molar-refractivity contribution in [2.45, 2.75) is 32.7 Å². The van der Waals surface area contributed by atoms with Gasteiger partial charge in [0.2, 0.25) is 0 Å². The molecule has 1 heterocycles. The van der Waals surface area contributed by atoms with Gasteiger partial charge >= 0.3 is 0 Å². The van der Waals surface area contributed by atoms with E-state index < -0.39 is 0 Å². The molecule has 0 aromatic heterocycles. The van der Waals surface area contributed by atoms with Gasteiger partial charge < -0.3 is 4.90 Å². The molecule has 1 saturated heterocycles. The third kappa shape index (κ3) is 2.47. The van der Waals surface area contributed by atoms with Gasteiger partial charge in [-0.1, -0.05) is 22.9 Å². The van der Waals surface area contributed by atoms with Crippen molar-refractivity contribution < 1.29 is 0 Å². The number of anilines is 1. The smallest absolute Gasteiger partial charge is 0.101 e. The van der Waals surface area contributed by atoms with Crippen molar-refractivity contribution in [2.75, 3.05) is 11.4 Å². The van der Waals surface area contributed by atoms with Crippen LogP contribution in [0.3, 0.4) is 0 Å². The van der Waals surface area contributed by atoms with Crippen molar-refractivity contribution in [3.63, 3.8) is 0 Å². The molecule has 0 radical (unpaired) electrons. The molecule has 0 N–H and O–H groups in total. The highest BCUT2D eigenvalue weighted by Gasteiger charge is 2.26. The summed E-state index contributed by atoms with van der Waals surface area (Å²) in [6.45, 7) is 5.60. The van der Waals surface area contributed by atoms with Crippen LogP contribution < -0.4 is 4.90 Å². The van der Waals surface area contributed by atoms with E-state index in [1.807, 2.05) is 12.1 Å². The van der Waals surface area contributed by atoms with Crippen LogP contribution in [0.4, 0.5) is 5.69 Å². The van der Waals surface area contributed by atoms with Crippen LogP contribution in [0, 0.1) is 17.2 Å². The zero-order valence-electron chi connectivity index (χ0n) is 10.3. The maximum absolute atomic E-state index is 9.20.